The van der Waals surface area contributed by atoms with Gasteiger partial charge in [0.05, 0.1) is 36.8 Å². The number of hydrogen-bond donors (Lipinski definition) is 0. The Morgan fingerprint density at radius 1 is 0.808 bits per heavy atom. The standard InChI is InChI=1S/C53H83N2O18/c1-27(2)22-38(57)68-42-31(6)41(30(5)26-64-49-45(63-17)44(62-16)43(34(9)66-49)67-36(11)56)70-48(59)33(8)40(69-39-25-53(13)47(35(10)65-39)71-51(61)73-53)29(4)23-28(3)24-52(12,46(58)32(42)7)72-50(60)55-20-18-37(19-21-55)54(14)15/h18-21,27-35,39-45,47,49H,22-26H2,1-17H3/q+1/t28-,29-,30+,31+,32-,33-,34-,35+,39+,40+,41-,42-,43-,44-,45-,47+,49-,52+,53-/m1/s1. The first-order valence-electron chi connectivity index (χ1n) is 25.7. The van der Waals surface area contributed by atoms with Crippen molar-refractivity contribution in [3.05, 3.63) is 24.5 Å². The van der Waals surface area contributed by atoms with Crippen molar-refractivity contribution in [2.75, 3.05) is 39.8 Å². The van der Waals surface area contributed by atoms with Gasteiger partial charge in [-0.05, 0) is 65.2 Å². The van der Waals surface area contributed by atoms with Gasteiger partial charge in [0.1, 0.15) is 24.4 Å². The quantitative estimate of drug-likeness (QED) is 0.112. The molecule has 0 aromatic carbocycles. The van der Waals surface area contributed by atoms with Crippen molar-refractivity contribution in [3.8, 4) is 0 Å². The molecule has 0 N–H and O–H groups in total. The molecule has 0 spiro atoms. The number of hydrogen-bond acceptors (Lipinski definition) is 19. The molecule has 412 valence electrons. The molecule has 20 heteroatoms. The number of rotatable bonds is 14. The van der Waals surface area contributed by atoms with Gasteiger partial charge in [0.25, 0.3) is 0 Å². The SMILES string of the molecule is CO[C@H]1[C@@H](OC)[C@H](OC[C@H](C)[C@H]2OC(=O)[C@H](C)[C@@H](O[C@H]3C[C@@]4(C)OC(=O)O[C@H]4[C@H](C)O3)[C@H](C)C[C@@H](C)C[C@](C)(OC(=O)[n+]3ccc(N(C)C)cc3)C(=O)[C@H](C)[C@H](OC(=O)CC(C)C)[C@H]2C)O[C@H](C)[C@H]1OC(C)=O. The molecule has 1 aromatic heterocycles. The number of aromatic nitrogens is 1. The first kappa shape index (κ1) is 59.4. The smallest absolute Gasteiger partial charge is 0.461 e. The second-order valence-electron chi connectivity index (χ2n) is 22.0. The summed E-state index contributed by atoms with van der Waals surface area (Å²) in [7, 11) is 6.67. The summed E-state index contributed by atoms with van der Waals surface area (Å²) >= 11 is 0. The van der Waals surface area contributed by atoms with E-state index in [0.717, 1.165) is 5.69 Å². The van der Waals surface area contributed by atoms with Crippen LogP contribution in [-0.2, 0) is 76.0 Å². The number of pyridine rings is 1. The lowest BCUT2D eigenvalue weighted by atomic mass is 9.75. The second-order valence-corrected chi connectivity index (χ2v) is 22.0. The molecule has 0 radical (unpaired) electrons. The molecule has 4 fully saturated rings. The number of cyclic esters (lactones) is 1. The molecule has 4 aliphatic heterocycles. The molecule has 4 aliphatic rings. The number of Topliss-reactive ketones (excluding diaryl/α,β-unsaturated/α-hetero) is 1. The third-order valence-corrected chi connectivity index (χ3v) is 14.8. The summed E-state index contributed by atoms with van der Waals surface area (Å²) in [6, 6.07) is 3.50. The van der Waals surface area contributed by atoms with Crippen molar-refractivity contribution in [2.24, 2.45) is 41.4 Å². The van der Waals surface area contributed by atoms with E-state index in [1.54, 1.807) is 79.9 Å². The van der Waals surface area contributed by atoms with Crippen LogP contribution < -0.4 is 9.47 Å². The number of ether oxygens (including phenoxy) is 12. The molecule has 20 nitrogen and oxygen atoms in total. The van der Waals surface area contributed by atoms with Crippen LogP contribution in [0.4, 0.5) is 15.3 Å². The number of methoxy groups -OCH3 is 2. The molecule has 4 saturated heterocycles. The Morgan fingerprint density at radius 3 is 2.04 bits per heavy atom. The first-order chi connectivity index (χ1) is 34.1. The molecule has 5 heterocycles. The van der Waals surface area contributed by atoms with Crippen molar-refractivity contribution in [1.29, 1.82) is 0 Å². The monoisotopic (exact) mass is 1040 g/mol. The Kier molecular flexibility index (Phi) is 20.3. The van der Waals surface area contributed by atoms with Gasteiger partial charge in [0.15, 0.2) is 54.2 Å². The van der Waals surface area contributed by atoms with Crippen LogP contribution in [0.25, 0.3) is 0 Å². The lowest BCUT2D eigenvalue weighted by Crippen LogP contribution is -2.60. The third kappa shape index (κ3) is 14.3. The van der Waals surface area contributed by atoms with Gasteiger partial charge in [-0.1, -0.05) is 53.0 Å². The minimum atomic E-state index is -1.78. The molecule has 1 aromatic rings. The summed E-state index contributed by atoms with van der Waals surface area (Å²) in [6.07, 6.45) is -7.53. The van der Waals surface area contributed by atoms with Crippen LogP contribution in [-0.4, -0.2) is 150 Å². The molecule has 5 rings (SSSR count). The molecule has 19 atom stereocenters. The van der Waals surface area contributed by atoms with E-state index in [4.69, 9.17) is 56.8 Å². The van der Waals surface area contributed by atoms with Crippen LogP contribution in [0.15, 0.2) is 24.5 Å². The number of esters is 3. The predicted molar refractivity (Wildman–Crippen MR) is 261 cm³/mol. The molecule has 0 bridgehead atoms. The second kappa shape index (κ2) is 24.9. The molecule has 0 saturated carbocycles. The fraction of sp³-hybridized carbons (Fsp3) is 0.792. The van der Waals surface area contributed by atoms with Crippen LogP contribution in [0.5, 0.6) is 0 Å². The molecular weight excluding hydrogens is 953 g/mol. The van der Waals surface area contributed by atoms with E-state index in [-0.39, 0.29) is 37.7 Å². The summed E-state index contributed by atoms with van der Waals surface area (Å²) in [5.74, 6) is -6.71. The van der Waals surface area contributed by atoms with Crippen molar-refractivity contribution in [2.45, 2.75) is 194 Å². The Hall–Kier alpha value is -4.47. The Bertz CT molecular complexity index is 2070. The number of carbonyl (C=O) groups is 6. The largest absolute Gasteiger partial charge is 0.602 e. The van der Waals surface area contributed by atoms with E-state index in [2.05, 4.69) is 0 Å². The highest BCUT2D eigenvalue weighted by atomic mass is 16.8. The lowest BCUT2D eigenvalue weighted by molar-refractivity contribution is -0.588. The molecule has 0 amide bonds. The number of ketones is 1. The number of anilines is 1. The normalized spacial score (nSPS) is 37.9. The van der Waals surface area contributed by atoms with E-state index >= 15 is 4.79 Å². The van der Waals surface area contributed by atoms with Crippen LogP contribution >= 0.6 is 0 Å². The van der Waals surface area contributed by atoms with Gasteiger partial charge in [0, 0.05) is 77.7 Å². The lowest BCUT2D eigenvalue weighted by Gasteiger charge is -2.44. The summed E-state index contributed by atoms with van der Waals surface area (Å²) in [6.45, 7) is 22.5. The van der Waals surface area contributed by atoms with Gasteiger partial charge in [-0.25, -0.2) is 4.79 Å². The predicted octanol–water partition coefficient (Wildman–Crippen LogP) is 6.37. The zero-order chi connectivity index (χ0) is 54.4. The Labute approximate surface area is 430 Å². The number of nitrogens with zero attached hydrogens (tertiary/aromatic N) is 2. The van der Waals surface area contributed by atoms with Crippen molar-refractivity contribution in [3.63, 3.8) is 0 Å². The fourth-order valence-electron chi connectivity index (χ4n) is 11.2. The van der Waals surface area contributed by atoms with Crippen molar-refractivity contribution >= 4 is 41.6 Å². The molecule has 0 unspecified atom stereocenters. The maximum Gasteiger partial charge on any atom is 0.602 e. The highest BCUT2D eigenvalue weighted by Crippen LogP contribution is 2.42. The van der Waals surface area contributed by atoms with Gasteiger partial charge in [-0.15, -0.1) is 0 Å². The average Bonchev–Trinajstić information content (AvgIpc) is 3.63. The van der Waals surface area contributed by atoms with E-state index < -0.39 is 144 Å². The topological polar surface area (TPSA) is 220 Å². The zero-order valence-electron chi connectivity index (χ0n) is 46.0. The van der Waals surface area contributed by atoms with E-state index in [1.165, 1.54) is 25.7 Å². The Balaban J connectivity index is 1.58. The van der Waals surface area contributed by atoms with Gasteiger partial charge in [-0.2, -0.15) is 4.79 Å². The summed E-state index contributed by atoms with van der Waals surface area (Å²) in [5, 5.41) is 0. The fourth-order valence-corrected chi connectivity index (χ4v) is 11.2. The number of carbonyl (C=O) groups excluding carboxylic acids is 6. The summed E-state index contributed by atoms with van der Waals surface area (Å²) in [5.41, 5.74) is -2.01. The highest BCUT2D eigenvalue weighted by Gasteiger charge is 2.57. The maximum absolute atomic E-state index is 15.4. The van der Waals surface area contributed by atoms with Gasteiger partial charge in [0.2, 0.25) is 0 Å². The first-order valence-corrected chi connectivity index (χ1v) is 25.7. The minimum absolute atomic E-state index is 0.0294. The molecule has 0 aliphatic carbocycles. The summed E-state index contributed by atoms with van der Waals surface area (Å²) < 4.78 is 74.6. The highest BCUT2D eigenvalue weighted by molar-refractivity contribution is 5.91. The van der Waals surface area contributed by atoms with Crippen molar-refractivity contribution < 1.29 is 90.2 Å². The summed E-state index contributed by atoms with van der Waals surface area (Å²) in [4.78, 5) is 84.7. The number of fused-ring (bicyclic) bond motifs is 1. The van der Waals surface area contributed by atoms with Crippen LogP contribution in [0, 0.1) is 41.4 Å². The van der Waals surface area contributed by atoms with Gasteiger partial charge < -0.3 is 61.7 Å². The third-order valence-electron chi connectivity index (χ3n) is 14.8. The molecule has 73 heavy (non-hydrogen) atoms. The van der Waals surface area contributed by atoms with Crippen LogP contribution in [0.2, 0.25) is 0 Å². The van der Waals surface area contributed by atoms with Crippen LogP contribution in [0.1, 0.15) is 116 Å². The van der Waals surface area contributed by atoms with Crippen LogP contribution in [0.3, 0.4) is 0 Å². The maximum atomic E-state index is 15.4. The van der Waals surface area contributed by atoms with Crippen molar-refractivity contribution in [1.82, 2.24) is 0 Å². The zero-order valence-corrected chi connectivity index (χ0v) is 46.0. The Morgan fingerprint density at radius 2 is 1.45 bits per heavy atom. The van der Waals surface area contributed by atoms with E-state index in [9.17, 15) is 24.0 Å². The van der Waals surface area contributed by atoms with Gasteiger partial charge in [-0.3, -0.25) is 19.2 Å². The van der Waals surface area contributed by atoms with Gasteiger partial charge >= 0.3 is 30.2 Å². The minimum Gasteiger partial charge on any atom is -0.461 e. The van der Waals surface area contributed by atoms with E-state index in [0.29, 0.717) is 6.42 Å². The molecular formula is C53H83N2O18+. The van der Waals surface area contributed by atoms with E-state index in [1.807, 2.05) is 46.7 Å². The average molecular weight is 1040 g/mol.